The number of benzene rings is 2. The van der Waals surface area contributed by atoms with Gasteiger partial charge in [0, 0.05) is 5.69 Å². The first-order valence-corrected chi connectivity index (χ1v) is 8.17. The molecule has 2 aromatic carbocycles. The molecule has 0 aliphatic carbocycles. The fourth-order valence-electron chi connectivity index (χ4n) is 2.15. The quantitative estimate of drug-likeness (QED) is 0.669. The first-order chi connectivity index (χ1) is 13.4. The Bertz CT molecular complexity index is 856. The number of hydrogen-bond donors (Lipinski definition) is 2. The normalized spacial score (nSPS) is 10.1. The molecule has 0 spiro atoms. The second-order valence-electron chi connectivity index (χ2n) is 5.64. The van der Waals surface area contributed by atoms with E-state index < -0.39 is 36.0 Å². The number of esters is 1. The molecule has 2 N–H and O–H groups in total. The minimum Gasteiger partial charge on any atom is -0.494 e. The Morgan fingerprint density at radius 2 is 1.71 bits per heavy atom. The van der Waals surface area contributed by atoms with Crippen molar-refractivity contribution in [3.63, 3.8) is 0 Å². The topological polar surface area (TPSA) is 93.7 Å². The number of nitrogens with one attached hydrogen (secondary N) is 2. The molecule has 2 rings (SSSR count). The number of hydrogen-bond acceptors (Lipinski definition) is 5. The summed E-state index contributed by atoms with van der Waals surface area (Å²) in [5.41, 5.74) is 0.737. The van der Waals surface area contributed by atoms with Gasteiger partial charge in [-0.1, -0.05) is 6.07 Å². The third kappa shape index (κ3) is 6.67. The Kier molecular flexibility index (Phi) is 7.44. The van der Waals surface area contributed by atoms with E-state index in [4.69, 9.17) is 9.47 Å². The molecular formula is C19H18F2N2O5. The minimum atomic E-state index is -0.726. The second-order valence-corrected chi connectivity index (χ2v) is 5.64. The van der Waals surface area contributed by atoms with Crippen molar-refractivity contribution in [1.82, 2.24) is 5.32 Å². The van der Waals surface area contributed by atoms with Gasteiger partial charge >= 0.3 is 5.97 Å². The van der Waals surface area contributed by atoms with Crippen LogP contribution in [0.25, 0.3) is 0 Å². The molecular weight excluding hydrogens is 374 g/mol. The molecule has 148 valence electrons. The van der Waals surface area contributed by atoms with Crippen LogP contribution in [0.4, 0.5) is 14.5 Å². The van der Waals surface area contributed by atoms with Crippen LogP contribution in [0.15, 0.2) is 42.5 Å². The summed E-state index contributed by atoms with van der Waals surface area (Å²) in [5.74, 6) is -2.93. The van der Waals surface area contributed by atoms with Crippen molar-refractivity contribution in [2.45, 2.75) is 6.42 Å². The van der Waals surface area contributed by atoms with E-state index in [0.29, 0.717) is 11.3 Å². The van der Waals surface area contributed by atoms with Gasteiger partial charge in [0.15, 0.2) is 18.2 Å². The molecule has 0 aromatic heterocycles. The highest BCUT2D eigenvalue weighted by atomic mass is 19.1. The van der Waals surface area contributed by atoms with E-state index in [2.05, 4.69) is 10.6 Å². The van der Waals surface area contributed by atoms with Gasteiger partial charge in [-0.15, -0.1) is 0 Å². The summed E-state index contributed by atoms with van der Waals surface area (Å²) in [5, 5.41) is 4.74. The lowest BCUT2D eigenvalue weighted by atomic mass is 10.1. The number of amides is 2. The standard InChI is InChI=1S/C19H18F2N2O5/c1-27-16-7-2-12(8-15(16)21)9-19(26)28-11-18(25)22-10-17(24)23-14-5-3-13(20)4-6-14/h2-8H,9-11H2,1H3,(H,22,25)(H,23,24). The van der Waals surface area contributed by atoms with Gasteiger partial charge in [-0.25, -0.2) is 8.78 Å². The molecule has 2 amide bonds. The fraction of sp³-hybridized carbons (Fsp3) is 0.211. The molecule has 0 radical (unpaired) electrons. The minimum absolute atomic E-state index is 0.0513. The highest BCUT2D eigenvalue weighted by Gasteiger charge is 2.12. The van der Waals surface area contributed by atoms with Gasteiger partial charge in [-0.3, -0.25) is 14.4 Å². The van der Waals surface area contributed by atoms with E-state index >= 15 is 0 Å². The Morgan fingerprint density at radius 3 is 2.36 bits per heavy atom. The number of halogens is 2. The van der Waals surface area contributed by atoms with Gasteiger partial charge in [0.2, 0.25) is 5.91 Å². The van der Waals surface area contributed by atoms with Crippen molar-refractivity contribution in [3.8, 4) is 5.75 Å². The smallest absolute Gasteiger partial charge is 0.310 e. The summed E-state index contributed by atoms with van der Waals surface area (Å²) in [6.07, 6.45) is -0.223. The van der Waals surface area contributed by atoms with Gasteiger partial charge in [0.25, 0.3) is 5.91 Å². The molecule has 0 saturated heterocycles. The average molecular weight is 392 g/mol. The van der Waals surface area contributed by atoms with E-state index in [-0.39, 0.29) is 18.7 Å². The molecule has 7 nitrogen and oxygen atoms in total. The van der Waals surface area contributed by atoms with Crippen molar-refractivity contribution >= 4 is 23.5 Å². The van der Waals surface area contributed by atoms with E-state index in [1.807, 2.05) is 0 Å². The largest absolute Gasteiger partial charge is 0.494 e. The summed E-state index contributed by atoms with van der Waals surface area (Å²) in [6, 6.07) is 9.13. The number of carbonyl (C=O) groups excluding carboxylic acids is 3. The van der Waals surface area contributed by atoms with Crippen LogP contribution in [0.3, 0.4) is 0 Å². The molecule has 0 aliphatic heterocycles. The van der Waals surface area contributed by atoms with Crippen molar-refractivity contribution in [3.05, 3.63) is 59.7 Å². The highest BCUT2D eigenvalue weighted by Crippen LogP contribution is 2.18. The molecule has 2 aromatic rings. The lowest BCUT2D eigenvalue weighted by Gasteiger charge is -2.08. The van der Waals surface area contributed by atoms with Crippen LogP contribution in [-0.4, -0.2) is 38.0 Å². The van der Waals surface area contributed by atoms with Crippen molar-refractivity contribution in [1.29, 1.82) is 0 Å². The van der Waals surface area contributed by atoms with Crippen LogP contribution in [0.1, 0.15) is 5.56 Å². The number of ether oxygens (including phenoxy) is 2. The fourth-order valence-corrected chi connectivity index (χ4v) is 2.15. The third-order valence-corrected chi connectivity index (χ3v) is 3.50. The van der Waals surface area contributed by atoms with Crippen LogP contribution in [0.2, 0.25) is 0 Å². The van der Waals surface area contributed by atoms with Gasteiger partial charge in [-0.05, 0) is 42.0 Å². The van der Waals surface area contributed by atoms with Crippen molar-refractivity contribution in [2.24, 2.45) is 0 Å². The molecule has 0 unspecified atom stereocenters. The summed E-state index contributed by atoms with van der Waals surface area (Å²) >= 11 is 0. The van der Waals surface area contributed by atoms with Gasteiger partial charge in [-0.2, -0.15) is 0 Å². The van der Waals surface area contributed by atoms with Crippen LogP contribution in [0.5, 0.6) is 5.75 Å². The van der Waals surface area contributed by atoms with Gasteiger partial charge < -0.3 is 20.1 Å². The molecule has 0 heterocycles. The predicted octanol–water partition coefficient (Wildman–Crippen LogP) is 1.81. The molecule has 0 bridgehead atoms. The maximum atomic E-state index is 13.6. The Balaban J connectivity index is 1.69. The summed E-state index contributed by atoms with van der Waals surface area (Å²) in [7, 11) is 1.32. The Hall–Kier alpha value is -3.49. The average Bonchev–Trinajstić information content (AvgIpc) is 2.67. The maximum absolute atomic E-state index is 13.6. The summed E-state index contributed by atoms with van der Waals surface area (Å²) in [6.45, 7) is -0.932. The third-order valence-electron chi connectivity index (χ3n) is 3.50. The monoisotopic (exact) mass is 392 g/mol. The summed E-state index contributed by atoms with van der Waals surface area (Å²) < 4.78 is 35.9. The van der Waals surface area contributed by atoms with E-state index in [1.54, 1.807) is 0 Å². The first-order valence-electron chi connectivity index (χ1n) is 8.17. The Labute approximate surface area is 159 Å². The SMILES string of the molecule is COc1ccc(CC(=O)OCC(=O)NCC(=O)Nc2ccc(F)cc2)cc1F. The van der Waals surface area contributed by atoms with Crippen molar-refractivity contribution in [2.75, 3.05) is 25.6 Å². The van der Waals surface area contributed by atoms with Crippen molar-refractivity contribution < 1.29 is 32.6 Å². The maximum Gasteiger partial charge on any atom is 0.310 e. The first kappa shape index (κ1) is 20.8. The number of methoxy groups -OCH3 is 1. The zero-order valence-corrected chi connectivity index (χ0v) is 15.0. The second kappa shape index (κ2) is 10.0. The van der Waals surface area contributed by atoms with Gasteiger partial charge in [0.1, 0.15) is 5.82 Å². The summed E-state index contributed by atoms with van der Waals surface area (Å²) in [4.78, 5) is 35.1. The lowest BCUT2D eigenvalue weighted by molar-refractivity contribution is -0.147. The van der Waals surface area contributed by atoms with Crippen LogP contribution in [-0.2, 0) is 25.5 Å². The van der Waals surface area contributed by atoms with E-state index in [9.17, 15) is 23.2 Å². The number of anilines is 1. The lowest BCUT2D eigenvalue weighted by Crippen LogP contribution is -2.35. The number of carbonyl (C=O) groups is 3. The number of rotatable bonds is 8. The zero-order chi connectivity index (χ0) is 20.5. The van der Waals surface area contributed by atoms with Gasteiger partial charge in [0.05, 0.1) is 20.1 Å². The molecule has 0 aliphatic rings. The molecule has 0 atom stereocenters. The van der Waals surface area contributed by atoms with Crippen LogP contribution in [0, 0.1) is 11.6 Å². The molecule has 0 saturated carbocycles. The highest BCUT2D eigenvalue weighted by molar-refractivity contribution is 5.94. The Morgan fingerprint density at radius 1 is 1.00 bits per heavy atom. The van der Waals surface area contributed by atoms with Crippen LogP contribution >= 0.6 is 0 Å². The van der Waals surface area contributed by atoms with E-state index in [1.165, 1.54) is 43.5 Å². The predicted molar refractivity (Wildman–Crippen MR) is 95.7 cm³/mol. The molecule has 28 heavy (non-hydrogen) atoms. The van der Waals surface area contributed by atoms with E-state index in [0.717, 1.165) is 6.07 Å². The molecule has 0 fully saturated rings. The van der Waals surface area contributed by atoms with Crippen LogP contribution < -0.4 is 15.4 Å². The molecule has 9 heteroatoms. The zero-order valence-electron chi connectivity index (χ0n) is 15.0.